The van der Waals surface area contributed by atoms with Crippen LogP contribution in [0.15, 0.2) is 54.7 Å². The Kier molecular flexibility index (Phi) is 5.22. The van der Waals surface area contributed by atoms with Crippen LogP contribution in [0, 0.1) is 0 Å². The predicted octanol–water partition coefficient (Wildman–Crippen LogP) is 4.61. The zero-order valence-electron chi connectivity index (χ0n) is 17.3. The van der Waals surface area contributed by atoms with Crippen LogP contribution in [0.3, 0.4) is 0 Å². The average Bonchev–Trinajstić information content (AvgIpc) is 2.73. The fourth-order valence-corrected chi connectivity index (χ4v) is 3.64. The highest BCUT2D eigenvalue weighted by Gasteiger charge is 2.25. The number of hydrogen-bond donors (Lipinski definition) is 0. The van der Waals surface area contributed by atoms with Crippen molar-refractivity contribution in [2.24, 2.45) is 0 Å². The number of rotatable bonds is 3. The van der Waals surface area contributed by atoms with E-state index in [4.69, 9.17) is 4.74 Å². The molecule has 0 saturated carbocycles. The topological polar surface area (TPSA) is 55.3 Å². The van der Waals surface area contributed by atoms with Crippen LogP contribution in [0.25, 0.3) is 11.0 Å². The monoisotopic (exact) mass is 389 g/mol. The molecule has 0 radical (unpaired) electrons. The molecule has 0 atom stereocenters. The van der Waals surface area contributed by atoms with Crippen LogP contribution in [0.1, 0.15) is 49.5 Å². The largest absolute Gasteiger partial charge is 0.473 e. The zero-order valence-corrected chi connectivity index (χ0v) is 17.3. The molecule has 2 heterocycles. The van der Waals surface area contributed by atoms with Gasteiger partial charge in [0.15, 0.2) is 0 Å². The first kappa shape index (κ1) is 19.4. The van der Waals surface area contributed by atoms with Crippen molar-refractivity contribution in [2.75, 3.05) is 13.1 Å². The van der Waals surface area contributed by atoms with Crippen molar-refractivity contribution in [2.45, 2.75) is 45.1 Å². The molecule has 29 heavy (non-hydrogen) atoms. The van der Waals surface area contributed by atoms with Gasteiger partial charge in [-0.15, -0.1) is 0 Å². The molecule has 5 heteroatoms. The Morgan fingerprint density at radius 3 is 2.31 bits per heavy atom. The number of para-hydroxylation sites is 2. The number of carbonyl (C=O) groups is 1. The first-order chi connectivity index (χ1) is 13.9. The lowest BCUT2D eigenvalue weighted by molar-refractivity contribution is 0.0588. The van der Waals surface area contributed by atoms with Crippen molar-refractivity contribution in [1.82, 2.24) is 14.9 Å². The number of ether oxygens (including phenoxy) is 1. The molecule has 4 rings (SSSR count). The van der Waals surface area contributed by atoms with E-state index in [0.29, 0.717) is 19.0 Å². The summed E-state index contributed by atoms with van der Waals surface area (Å²) in [5.41, 5.74) is 3.76. The Morgan fingerprint density at radius 2 is 1.66 bits per heavy atom. The summed E-state index contributed by atoms with van der Waals surface area (Å²) in [6.07, 6.45) is 3.31. The second-order valence-corrected chi connectivity index (χ2v) is 8.63. The molecule has 1 aliphatic heterocycles. The van der Waals surface area contributed by atoms with Gasteiger partial charge >= 0.3 is 0 Å². The number of nitrogens with zero attached hydrogens (tertiary/aromatic N) is 3. The van der Waals surface area contributed by atoms with Gasteiger partial charge in [-0.3, -0.25) is 4.79 Å². The summed E-state index contributed by atoms with van der Waals surface area (Å²) in [6.45, 7) is 7.90. The van der Waals surface area contributed by atoms with Crippen molar-refractivity contribution >= 4 is 16.9 Å². The fraction of sp³-hybridized carbons (Fsp3) is 0.375. The van der Waals surface area contributed by atoms with Gasteiger partial charge < -0.3 is 9.64 Å². The summed E-state index contributed by atoms with van der Waals surface area (Å²) in [5, 5.41) is 0. The van der Waals surface area contributed by atoms with Gasteiger partial charge in [0.1, 0.15) is 6.10 Å². The minimum absolute atomic E-state index is 0.0535. The number of hydrogen-bond acceptors (Lipinski definition) is 4. The second kappa shape index (κ2) is 7.82. The van der Waals surface area contributed by atoms with Crippen molar-refractivity contribution in [3.8, 4) is 5.88 Å². The normalized spacial score (nSPS) is 15.5. The van der Waals surface area contributed by atoms with E-state index in [1.54, 1.807) is 6.20 Å². The minimum Gasteiger partial charge on any atom is -0.473 e. The van der Waals surface area contributed by atoms with E-state index < -0.39 is 0 Å². The van der Waals surface area contributed by atoms with Gasteiger partial charge in [0, 0.05) is 31.5 Å². The van der Waals surface area contributed by atoms with Crippen LogP contribution in [-0.4, -0.2) is 40.0 Å². The third-order valence-corrected chi connectivity index (χ3v) is 5.44. The van der Waals surface area contributed by atoms with Crippen molar-refractivity contribution in [1.29, 1.82) is 0 Å². The van der Waals surface area contributed by atoms with E-state index in [2.05, 4.69) is 42.9 Å². The zero-order chi connectivity index (χ0) is 20.4. The lowest BCUT2D eigenvalue weighted by atomic mass is 9.86. The molecule has 0 N–H and O–H groups in total. The first-order valence-corrected chi connectivity index (χ1v) is 10.2. The quantitative estimate of drug-likeness (QED) is 0.656. The van der Waals surface area contributed by atoms with Crippen molar-refractivity contribution < 1.29 is 9.53 Å². The lowest BCUT2D eigenvalue weighted by Crippen LogP contribution is -2.41. The van der Waals surface area contributed by atoms with Crippen LogP contribution in [0.4, 0.5) is 0 Å². The number of amides is 1. The molecule has 1 aliphatic rings. The number of fused-ring (bicyclic) bond motifs is 1. The Hall–Kier alpha value is -2.95. The highest BCUT2D eigenvalue weighted by atomic mass is 16.5. The van der Waals surface area contributed by atoms with Gasteiger partial charge in [0.25, 0.3) is 5.91 Å². The first-order valence-electron chi connectivity index (χ1n) is 10.2. The Labute approximate surface area is 171 Å². The number of carbonyl (C=O) groups excluding carboxylic acids is 1. The summed E-state index contributed by atoms with van der Waals surface area (Å²) in [5.74, 6) is 0.639. The molecule has 0 spiro atoms. The van der Waals surface area contributed by atoms with Crippen LogP contribution in [-0.2, 0) is 5.41 Å². The molecular formula is C24H27N3O2. The highest BCUT2D eigenvalue weighted by Crippen LogP contribution is 2.24. The fourth-order valence-electron chi connectivity index (χ4n) is 3.64. The molecule has 0 bridgehead atoms. The SMILES string of the molecule is CC(C)(C)c1ccc(C(=O)N2CCC(Oc3cnc4ccccc4n3)CC2)cc1. The van der Waals surface area contributed by atoms with E-state index in [9.17, 15) is 4.79 Å². The van der Waals surface area contributed by atoms with Gasteiger partial charge in [-0.05, 0) is 35.2 Å². The minimum atomic E-state index is 0.0535. The van der Waals surface area contributed by atoms with E-state index in [0.717, 1.165) is 29.4 Å². The second-order valence-electron chi connectivity index (χ2n) is 8.63. The van der Waals surface area contributed by atoms with E-state index in [1.807, 2.05) is 41.3 Å². The molecule has 5 nitrogen and oxygen atoms in total. The Bertz CT molecular complexity index is 1000. The highest BCUT2D eigenvalue weighted by molar-refractivity contribution is 5.94. The molecule has 1 amide bonds. The van der Waals surface area contributed by atoms with E-state index in [1.165, 1.54) is 5.56 Å². The van der Waals surface area contributed by atoms with Crippen LogP contribution in [0.5, 0.6) is 5.88 Å². The smallest absolute Gasteiger partial charge is 0.253 e. The molecule has 1 aromatic heterocycles. The maximum atomic E-state index is 12.8. The lowest BCUT2D eigenvalue weighted by Gasteiger charge is -2.32. The summed E-state index contributed by atoms with van der Waals surface area (Å²) in [4.78, 5) is 23.7. The Morgan fingerprint density at radius 1 is 1.00 bits per heavy atom. The van der Waals surface area contributed by atoms with Crippen molar-refractivity contribution in [3.63, 3.8) is 0 Å². The third kappa shape index (κ3) is 4.39. The molecule has 1 saturated heterocycles. The van der Waals surface area contributed by atoms with Crippen LogP contribution in [0.2, 0.25) is 0 Å². The van der Waals surface area contributed by atoms with Crippen molar-refractivity contribution in [3.05, 3.63) is 65.9 Å². The molecule has 150 valence electrons. The number of benzene rings is 2. The van der Waals surface area contributed by atoms with Gasteiger partial charge in [0.05, 0.1) is 17.2 Å². The summed E-state index contributed by atoms with van der Waals surface area (Å²) >= 11 is 0. The molecule has 1 fully saturated rings. The summed E-state index contributed by atoms with van der Waals surface area (Å²) < 4.78 is 6.04. The number of aromatic nitrogens is 2. The molecule has 3 aromatic rings. The van der Waals surface area contributed by atoms with E-state index >= 15 is 0 Å². The van der Waals surface area contributed by atoms with Gasteiger partial charge in [-0.2, -0.15) is 0 Å². The van der Waals surface area contributed by atoms with Crippen LogP contribution >= 0.6 is 0 Å². The summed E-state index contributed by atoms with van der Waals surface area (Å²) in [6, 6.07) is 15.8. The van der Waals surface area contributed by atoms with E-state index in [-0.39, 0.29) is 17.4 Å². The molecule has 0 unspecified atom stereocenters. The molecule has 2 aromatic carbocycles. The number of likely N-dealkylation sites (tertiary alicyclic amines) is 1. The third-order valence-electron chi connectivity index (χ3n) is 5.44. The Balaban J connectivity index is 1.35. The maximum absolute atomic E-state index is 12.8. The predicted molar refractivity (Wildman–Crippen MR) is 114 cm³/mol. The van der Waals surface area contributed by atoms with Gasteiger partial charge in [-0.25, -0.2) is 9.97 Å². The number of piperidine rings is 1. The molecular weight excluding hydrogens is 362 g/mol. The molecule has 0 aliphatic carbocycles. The summed E-state index contributed by atoms with van der Waals surface area (Å²) in [7, 11) is 0. The standard InChI is InChI=1S/C24H27N3O2/c1-24(2,3)18-10-8-17(9-11-18)23(28)27-14-12-19(13-15-27)29-22-16-25-20-6-4-5-7-21(20)26-22/h4-11,16,19H,12-15H2,1-3H3. The van der Waals surface area contributed by atoms with Gasteiger partial charge in [0.2, 0.25) is 5.88 Å². The maximum Gasteiger partial charge on any atom is 0.253 e. The van der Waals surface area contributed by atoms with Gasteiger partial charge in [-0.1, -0.05) is 45.0 Å². The average molecular weight is 389 g/mol. The van der Waals surface area contributed by atoms with Crippen LogP contribution < -0.4 is 4.74 Å².